The Morgan fingerprint density at radius 3 is 2.61 bits per heavy atom. The minimum atomic E-state index is 0.303. The lowest BCUT2D eigenvalue weighted by Crippen LogP contribution is -1.93. The Bertz CT molecular complexity index is 643. The molecule has 2 aromatic carbocycles. The number of fused-ring (bicyclic) bond motifs is 1. The summed E-state index contributed by atoms with van der Waals surface area (Å²) in [5.74, 6) is 0. The fraction of sp³-hybridized carbons (Fsp3) is 0.125. The molecule has 1 atom stereocenters. The van der Waals surface area contributed by atoms with E-state index in [9.17, 15) is 0 Å². The third kappa shape index (κ3) is 2.34. The van der Waals surface area contributed by atoms with Crippen molar-refractivity contribution in [2.24, 2.45) is 0 Å². The maximum absolute atomic E-state index is 5.11. The Balaban J connectivity index is 1.86. The number of rotatable bonds is 3. The number of furan rings is 1. The highest BCUT2D eigenvalue weighted by atomic mass is 79.9. The first-order chi connectivity index (χ1) is 8.83. The normalized spacial score (nSPS) is 12.7. The van der Waals surface area contributed by atoms with Crippen LogP contribution in [-0.4, -0.2) is 0 Å². The van der Waals surface area contributed by atoms with Crippen molar-refractivity contribution in [2.75, 3.05) is 0 Å². The third-order valence-corrected chi connectivity index (χ3v) is 3.99. The molecule has 0 aliphatic rings. The number of benzene rings is 2. The molecular formula is C16H13BrO. The molecule has 0 spiro atoms. The van der Waals surface area contributed by atoms with Gasteiger partial charge in [-0.1, -0.05) is 58.4 Å². The van der Waals surface area contributed by atoms with E-state index in [1.807, 2.05) is 6.07 Å². The van der Waals surface area contributed by atoms with Crippen LogP contribution >= 0.6 is 15.9 Å². The maximum Gasteiger partial charge on any atom is 0.0946 e. The van der Waals surface area contributed by atoms with Crippen molar-refractivity contribution in [1.82, 2.24) is 0 Å². The van der Waals surface area contributed by atoms with Gasteiger partial charge in [0.15, 0.2) is 0 Å². The molecule has 18 heavy (non-hydrogen) atoms. The van der Waals surface area contributed by atoms with Crippen molar-refractivity contribution in [3.05, 3.63) is 72.2 Å². The van der Waals surface area contributed by atoms with Crippen LogP contribution in [0, 0.1) is 0 Å². The van der Waals surface area contributed by atoms with Gasteiger partial charge in [-0.05, 0) is 28.8 Å². The molecule has 0 saturated heterocycles. The number of hydrogen-bond acceptors (Lipinski definition) is 1. The van der Waals surface area contributed by atoms with Gasteiger partial charge in [-0.3, -0.25) is 0 Å². The SMILES string of the molecule is BrC(Cc1ccc2ccccc2c1)c1ccoc1. The summed E-state index contributed by atoms with van der Waals surface area (Å²) in [6.07, 6.45) is 4.47. The highest BCUT2D eigenvalue weighted by Crippen LogP contribution is 2.28. The molecule has 0 aliphatic carbocycles. The van der Waals surface area contributed by atoms with Crippen molar-refractivity contribution < 1.29 is 4.42 Å². The minimum absolute atomic E-state index is 0.303. The first-order valence-electron chi connectivity index (χ1n) is 5.97. The van der Waals surface area contributed by atoms with Crippen LogP contribution in [0.25, 0.3) is 10.8 Å². The topological polar surface area (TPSA) is 13.1 Å². The van der Waals surface area contributed by atoms with Crippen molar-refractivity contribution >= 4 is 26.7 Å². The predicted molar refractivity (Wildman–Crippen MR) is 78.0 cm³/mol. The Labute approximate surface area is 115 Å². The molecule has 0 saturated carbocycles. The van der Waals surface area contributed by atoms with E-state index in [0.717, 1.165) is 6.42 Å². The van der Waals surface area contributed by atoms with Crippen LogP contribution in [0.4, 0.5) is 0 Å². The highest BCUT2D eigenvalue weighted by Gasteiger charge is 2.09. The van der Waals surface area contributed by atoms with Crippen molar-refractivity contribution in [3.63, 3.8) is 0 Å². The summed E-state index contributed by atoms with van der Waals surface area (Å²) in [7, 11) is 0. The Hall–Kier alpha value is -1.54. The molecule has 0 N–H and O–H groups in total. The van der Waals surface area contributed by atoms with Gasteiger partial charge in [0.05, 0.1) is 12.5 Å². The molecule has 1 nitrogen and oxygen atoms in total. The second-order valence-electron chi connectivity index (χ2n) is 4.41. The van der Waals surface area contributed by atoms with Crippen LogP contribution in [0.2, 0.25) is 0 Å². The first-order valence-corrected chi connectivity index (χ1v) is 6.88. The summed E-state index contributed by atoms with van der Waals surface area (Å²) in [4.78, 5) is 0.303. The number of halogens is 1. The second kappa shape index (κ2) is 4.99. The van der Waals surface area contributed by atoms with E-state index in [1.54, 1.807) is 12.5 Å². The largest absolute Gasteiger partial charge is 0.472 e. The van der Waals surface area contributed by atoms with Crippen molar-refractivity contribution in [2.45, 2.75) is 11.2 Å². The van der Waals surface area contributed by atoms with Gasteiger partial charge in [0, 0.05) is 10.4 Å². The molecule has 1 heterocycles. The molecule has 0 fully saturated rings. The molecule has 0 bridgehead atoms. The third-order valence-electron chi connectivity index (χ3n) is 3.13. The van der Waals surface area contributed by atoms with E-state index >= 15 is 0 Å². The van der Waals surface area contributed by atoms with Gasteiger partial charge in [0.25, 0.3) is 0 Å². The molecule has 3 rings (SSSR count). The van der Waals surface area contributed by atoms with E-state index in [1.165, 1.54) is 21.9 Å². The highest BCUT2D eigenvalue weighted by molar-refractivity contribution is 9.09. The van der Waals surface area contributed by atoms with Crippen LogP contribution in [0.3, 0.4) is 0 Å². The summed E-state index contributed by atoms with van der Waals surface area (Å²) >= 11 is 3.71. The lowest BCUT2D eigenvalue weighted by molar-refractivity contribution is 0.563. The summed E-state index contributed by atoms with van der Waals surface area (Å²) in [5, 5.41) is 2.58. The summed E-state index contributed by atoms with van der Waals surface area (Å²) in [6.45, 7) is 0. The smallest absolute Gasteiger partial charge is 0.0946 e. The quantitative estimate of drug-likeness (QED) is 0.613. The zero-order valence-electron chi connectivity index (χ0n) is 9.84. The fourth-order valence-electron chi connectivity index (χ4n) is 2.14. The molecule has 2 heteroatoms. The van der Waals surface area contributed by atoms with Crippen molar-refractivity contribution in [1.29, 1.82) is 0 Å². The van der Waals surface area contributed by atoms with Crippen LogP contribution in [0.5, 0.6) is 0 Å². The Kier molecular flexibility index (Phi) is 3.20. The van der Waals surface area contributed by atoms with E-state index in [-0.39, 0.29) is 0 Å². The Morgan fingerprint density at radius 1 is 1.00 bits per heavy atom. The van der Waals surface area contributed by atoms with Crippen molar-refractivity contribution in [3.8, 4) is 0 Å². The summed E-state index contributed by atoms with van der Waals surface area (Å²) < 4.78 is 5.11. The molecule has 3 aromatic rings. The van der Waals surface area contributed by atoms with Crippen LogP contribution in [-0.2, 0) is 6.42 Å². The number of hydrogen-bond donors (Lipinski definition) is 0. The molecular weight excluding hydrogens is 288 g/mol. The van der Waals surface area contributed by atoms with Crippen LogP contribution in [0.15, 0.2) is 65.5 Å². The molecule has 1 aromatic heterocycles. The van der Waals surface area contributed by atoms with E-state index in [2.05, 4.69) is 58.4 Å². The summed E-state index contributed by atoms with van der Waals surface area (Å²) in [6, 6.07) is 17.1. The van der Waals surface area contributed by atoms with Crippen LogP contribution < -0.4 is 0 Å². The van der Waals surface area contributed by atoms with Gasteiger partial charge in [0.1, 0.15) is 0 Å². The van der Waals surface area contributed by atoms with Crippen LogP contribution in [0.1, 0.15) is 16.0 Å². The zero-order chi connectivity index (χ0) is 12.4. The lowest BCUT2D eigenvalue weighted by Gasteiger charge is -2.08. The average molecular weight is 301 g/mol. The summed E-state index contributed by atoms with van der Waals surface area (Å²) in [5.41, 5.74) is 2.51. The van der Waals surface area contributed by atoms with Gasteiger partial charge in [-0.2, -0.15) is 0 Å². The van der Waals surface area contributed by atoms with E-state index < -0.39 is 0 Å². The predicted octanol–water partition coefficient (Wildman–Crippen LogP) is 5.11. The lowest BCUT2D eigenvalue weighted by atomic mass is 10.0. The van der Waals surface area contributed by atoms with Gasteiger partial charge in [0.2, 0.25) is 0 Å². The molecule has 0 aliphatic heterocycles. The van der Waals surface area contributed by atoms with Gasteiger partial charge < -0.3 is 4.42 Å². The van der Waals surface area contributed by atoms with E-state index in [4.69, 9.17) is 4.42 Å². The van der Waals surface area contributed by atoms with Gasteiger partial charge >= 0.3 is 0 Å². The monoisotopic (exact) mass is 300 g/mol. The second-order valence-corrected chi connectivity index (χ2v) is 5.52. The van der Waals surface area contributed by atoms with E-state index in [0.29, 0.717) is 4.83 Å². The van der Waals surface area contributed by atoms with Gasteiger partial charge in [-0.25, -0.2) is 0 Å². The minimum Gasteiger partial charge on any atom is -0.472 e. The maximum atomic E-state index is 5.11. The fourth-order valence-corrected chi connectivity index (χ4v) is 2.78. The zero-order valence-corrected chi connectivity index (χ0v) is 11.4. The standard InChI is InChI=1S/C16H13BrO/c17-16(15-7-8-18-11-15)10-12-5-6-13-3-1-2-4-14(13)9-12/h1-9,11,16H,10H2. The average Bonchev–Trinajstić information content (AvgIpc) is 2.92. The Morgan fingerprint density at radius 2 is 1.83 bits per heavy atom. The molecule has 90 valence electrons. The van der Waals surface area contributed by atoms with Gasteiger partial charge in [-0.15, -0.1) is 0 Å². The number of alkyl halides is 1. The molecule has 0 radical (unpaired) electrons. The molecule has 1 unspecified atom stereocenters. The molecule has 0 amide bonds. The first kappa shape index (κ1) is 11.5.